The van der Waals surface area contributed by atoms with Gasteiger partial charge in [-0.15, -0.1) is 11.3 Å². The summed E-state index contributed by atoms with van der Waals surface area (Å²) in [4.78, 5) is 16.4. The van der Waals surface area contributed by atoms with Crippen molar-refractivity contribution in [3.8, 4) is 10.8 Å². The summed E-state index contributed by atoms with van der Waals surface area (Å²) in [5.41, 5.74) is 3.32. The van der Waals surface area contributed by atoms with E-state index < -0.39 is 0 Å². The van der Waals surface area contributed by atoms with Crippen molar-refractivity contribution in [2.75, 3.05) is 25.5 Å². The Morgan fingerprint density at radius 3 is 2.83 bits per heavy atom. The van der Waals surface area contributed by atoms with E-state index in [1.165, 1.54) is 21.0 Å². The van der Waals surface area contributed by atoms with Crippen LogP contribution in [0.25, 0.3) is 5.00 Å². The summed E-state index contributed by atoms with van der Waals surface area (Å²) in [6, 6.07) is 11.2. The number of nitrogens with one attached hydrogen (secondary N) is 2. The van der Waals surface area contributed by atoms with Crippen LogP contribution >= 0.6 is 11.3 Å². The van der Waals surface area contributed by atoms with Gasteiger partial charge in [-0.3, -0.25) is 4.90 Å². The van der Waals surface area contributed by atoms with Gasteiger partial charge in [-0.05, 0) is 42.8 Å². The Labute approximate surface area is 175 Å². The average Bonchev–Trinajstić information content (AvgIpc) is 3.39. The molecule has 2 amide bonds. The SMILES string of the molecule is CCN1CCc2c(sc(-n3cccc3)c2CNC(=O)Nc2cccc(OC)c2)C1. The zero-order valence-corrected chi connectivity index (χ0v) is 17.6. The van der Waals surface area contributed by atoms with Crippen LogP contribution in [0.3, 0.4) is 0 Å². The molecule has 2 aromatic heterocycles. The molecule has 29 heavy (non-hydrogen) atoms. The van der Waals surface area contributed by atoms with Gasteiger partial charge < -0.3 is 19.9 Å². The number of thiophene rings is 1. The molecule has 1 aliphatic heterocycles. The van der Waals surface area contributed by atoms with Gasteiger partial charge in [0.25, 0.3) is 0 Å². The molecule has 152 valence electrons. The van der Waals surface area contributed by atoms with Crippen molar-refractivity contribution in [3.05, 3.63) is 64.8 Å². The average molecular weight is 411 g/mol. The Morgan fingerprint density at radius 1 is 1.24 bits per heavy atom. The molecule has 7 heteroatoms. The van der Waals surface area contributed by atoms with Crippen molar-refractivity contribution in [3.63, 3.8) is 0 Å². The maximum Gasteiger partial charge on any atom is 0.319 e. The Bertz CT molecular complexity index is 981. The first kappa shape index (κ1) is 19.5. The smallest absolute Gasteiger partial charge is 0.319 e. The van der Waals surface area contributed by atoms with Crippen LogP contribution in [0.2, 0.25) is 0 Å². The van der Waals surface area contributed by atoms with E-state index in [2.05, 4.69) is 39.4 Å². The van der Waals surface area contributed by atoms with Gasteiger partial charge in [0.15, 0.2) is 0 Å². The van der Waals surface area contributed by atoms with Gasteiger partial charge in [-0.2, -0.15) is 0 Å². The fourth-order valence-corrected chi connectivity index (χ4v) is 5.06. The molecule has 0 fully saturated rings. The summed E-state index contributed by atoms with van der Waals surface area (Å²) in [6.07, 6.45) is 5.15. The van der Waals surface area contributed by atoms with Gasteiger partial charge in [0.2, 0.25) is 0 Å². The third kappa shape index (κ3) is 4.31. The Morgan fingerprint density at radius 2 is 2.07 bits per heavy atom. The number of aromatic nitrogens is 1. The van der Waals surface area contributed by atoms with E-state index >= 15 is 0 Å². The topological polar surface area (TPSA) is 58.5 Å². The number of amides is 2. The van der Waals surface area contributed by atoms with Crippen LogP contribution < -0.4 is 15.4 Å². The van der Waals surface area contributed by atoms with Gasteiger partial charge >= 0.3 is 6.03 Å². The molecule has 0 radical (unpaired) electrons. The number of carbonyl (C=O) groups excluding carboxylic acids is 1. The van der Waals surface area contributed by atoms with Gasteiger partial charge in [-0.1, -0.05) is 13.0 Å². The number of anilines is 1. The minimum atomic E-state index is -0.220. The second-order valence-electron chi connectivity index (χ2n) is 7.04. The largest absolute Gasteiger partial charge is 0.497 e. The van der Waals surface area contributed by atoms with Crippen LogP contribution in [0, 0.1) is 0 Å². The van der Waals surface area contributed by atoms with Gasteiger partial charge in [0.05, 0.1) is 7.11 Å². The standard InChI is InChI=1S/C22H26N4O2S/c1-3-25-12-9-18-19(21(29-20(18)15-25)26-10-4-5-11-26)14-23-22(27)24-16-7-6-8-17(13-16)28-2/h4-8,10-11,13H,3,9,12,14-15H2,1-2H3,(H2,23,24,27). The normalized spacial score (nSPS) is 13.7. The molecule has 0 spiro atoms. The highest BCUT2D eigenvalue weighted by Gasteiger charge is 2.24. The molecule has 2 N–H and O–H groups in total. The number of hydrogen-bond donors (Lipinski definition) is 2. The van der Waals surface area contributed by atoms with Crippen molar-refractivity contribution in [1.82, 2.24) is 14.8 Å². The van der Waals surface area contributed by atoms with Crippen LogP contribution in [-0.2, 0) is 19.5 Å². The van der Waals surface area contributed by atoms with Crippen molar-refractivity contribution in [2.45, 2.75) is 26.4 Å². The van der Waals surface area contributed by atoms with E-state index in [0.29, 0.717) is 18.0 Å². The van der Waals surface area contributed by atoms with E-state index in [1.54, 1.807) is 13.2 Å². The molecule has 0 atom stereocenters. The van der Waals surface area contributed by atoms with Crippen molar-refractivity contribution < 1.29 is 9.53 Å². The van der Waals surface area contributed by atoms with E-state index in [0.717, 1.165) is 26.1 Å². The lowest BCUT2D eigenvalue weighted by Crippen LogP contribution is -2.31. The van der Waals surface area contributed by atoms with E-state index in [9.17, 15) is 4.79 Å². The van der Waals surface area contributed by atoms with Crippen LogP contribution in [0.1, 0.15) is 22.9 Å². The summed E-state index contributed by atoms with van der Waals surface area (Å²) >= 11 is 1.83. The first-order valence-electron chi connectivity index (χ1n) is 9.86. The van der Waals surface area contributed by atoms with E-state index in [1.807, 2.05) is 41.7 Å². The predicted octanol–water partition coefficient (Wildman–Crippen LogP) is 4.25. The summed E-state index contributed by atoms with van der Waals surface area (Å²) < 4.78 is 7.36. The first-order valence-corrected chi connectivity index (χ1v) is 10.7. The number of methoxy groups -OCH3 is 1. The number of carbonyl (C=O) groups is 1. The van der Waals surface area contributed by atoms with Gasteiger partial charge in [0.1, 0.15) is 10.8 Å². The second kappa shape index (κ2) is 8.71. The molecule has 0 saturated carbocycles. The summed E-state index contributed by atoms with van der Waals surface area (Å²) in [5, 5.41) is 7.12. The number of fused-ring (bicyclic) bond motifs is 1. The number of urea groups is 1. The third-order valence-electron chi connectivity index (χ3n) is 5.26. The van der Waals surface area contributed by atoms with E-state index in [4.69, 9.17) is 4.74 Å². The van der Waals surface area contributed by atoms with Crippen LogP contribution in [0.15, 0.2) is 48.8 Å². The number of hydrogen-bond acceptors (Lipinski definition) is 4. The minimum Gasteiger partial charge on any atom is -0.497 e. The lowest BCUT2D eigenvalue weighted by molar-refractivity contribution is 0.251. The zero-order chi connectivity index (χ0) is 20.2. The number of ether oxygens (including phenoxy) is 1. The lowest BCUT2D eigenvalue weighted by atomic mass is 10.0. The van der Waals surface area contributed by atoms with Crippen molar-refractivity contribution in [1.29, 1.82) is 0 Å². The number of likely N-dealkylation sites (N-methyl/N-ethyl adjacent to an activating group) is 1. The fraction of sp³-hybridized carbons (Fsp3) is 0.318. The number of nitrogens with zero attached hydrogens (tertiary/aromatic N) is 2. The molecular formula is C22H26N4O2S. The number of rotatable bonds is 6. The van der Waals surface area contributed by atoms with Gasteiger partial charge in [0, 0.05) is 54.2 Å². The highest BCUT2D eigenvalue weighted by molar-refractivity contribution is 7.14. The molecule has 3 aromatic rings. The summed E-state index contributed by atoms with van der Waals surface area (Å²) in [7, 11) is 1.61. The second-order valence-corrected chi connectivity index (χ2v) is 8.12. The quantitative estimate of drug-likeness (QED) is 0.639. The van der Waals surface area contributed by atoms with Crippen molar-refractivity contribution in [2.24, 2.45) is 0 Å². The molecule has 0 saturated heterocycles. The third-order valence-corrected chi connectivity index (χ3v) is 6.54. The Balaban J connectivity index is 1.51. The summed E-state index contributed by atoms with van der Waals surface area (Å²) in [5.74, 6) is 0.713. The highest BCUT2D eigenvalue weighted by Crippen LogP contribution is 2.35. The molecular weight excluding hydrogens is 384 g/mol. The lowest BCUT2D eigenvalue weighted by Gasteiger charge is -2.25. The maximum absolute atomic E-state index is 12.5. The molecule has 4 rings (SSSR count). The summed E-state index contributed by atoms with van der Waals surface area (Å²) in [6.45, 7) is 5.82. The Kier molecular flexibility index (Phi) is 5.87. The van der Waals surface area contributed by atoms with Crippen molar-refractivity contribution >= 4 is 23.1 Å². The zero-order valence-electron chi connectivity index (χ0n) is 16.8. The molecule has 0 bridgehead atoms. The maximum atomic E-state index is 12.5. The number of benzene rings is 1. The van der Waals surface area contributed by atoms with Gasteiger partial charge in [-0.25, -0.2) is 4.79 Å². The molecule has 1 aromatic carbocycles. The predicted molar refractivity (Wildman–Crippen MR) is 117 cm³/mol. The highest BCUT2D eigenvalue weighted by atomic mass is 32.1. The molecule has 0 aliphatic carbocycles. The molecule has 0 unspecified atom stereocenters. The fourth-order valence-electron chi connectivity index (χ4n) is 3.68. The molecule has 6 nitrogen and oxygen atoms in total. The monoisotopic (exact) mass is 410 g/mol. The minimum absolute atomic E-state index is 0.220. The van der Waals surface area contributed by atoms with Crippen LogP contribution in [0.4, 0.5) is 10.5 Å². The Hall–Kier alpha value is -2.77. The van der Waals surface area contributed by atoms with E-state index in [-0.39, 0.29) is 6.03 Å². The molecule has 3 heterocycles. The van der Waals surface area contributed by atoms with Crippen LogP contribution in [0.5, 0.6) is 5.75 Å². The first-order chi connectivity index (χ1) is 14.2. The van der Waals surface area contributed by atoms with Crippen LogP contribution in [-0.4, -0.2) is 35.7 Å². The molecule has 1 aliphatic rings.